The van der Waals surface area contributed by atoms with E-state index in [1.165, 1.54) is 49.9 Å². The van der Waals surface area contributed by atoms with Crippen LogP contribution < -0.4 is 4.74 Å². The summed E-state index contributed by atoms with van der Waals surface area (Å²) in [5, 5.41) is 2.50. The lowest BCUT2D eigenvalue weighted by molar-refractivity contribution is 0.301. The van der Waals surface area contributed by atoms with Crippen LogP contribution in [-0.4, -0.2) is 22.2 Å². The molecule has 1 aromatic carbocycles. The van der Waals surface area contributed by atoms with Gasteiger partial charge >= 0.3 is 0 Å². The lowest BCUT2D eigenvalue weighted by Crippen LogP contribution is -2.17. The van der Waals surface area contributed by atoms with Crippen LogP contribution in [0.4, 0.5) is 8.78 Å². The Kier molecular flexibility index (Phi) is 15.6. The third-order valence-electron chi connectivity index (χ3n) is 6.13. The van der Waals surface area contributed by atoms with E-state index in [0.29, 0.717) is 23.8 Å². The minimum atomic E-state index is -0.801. The molecule has 0 saturated carbocycles. The molecule has 0 spiro atoms. The van der Waals surface area contributed by atoms with E-state index in [9.17, 15) is 8.78 Å². The molecule has 2 aromatic rings. The molecular weight excluding hydrogens is 504 g/mol. The van der Waals surface area contributed by atoms with Gasteiger partial charge in [0.05, 0.1) is 0 Å². The molecule has 35 heavy (non-hydrogen) atoms. The third-order valence-corrected chi connectivity index (χ3v) is 7.58. The Morgan fingerprint density at radius 2 is 1.91 bits per heavy atom. The normalized spacial score (nSPS) is 14.3. The van der Waals surface area contributed by atoms with E-state index in [1.54, 1.807) is 18.3 Å². The number of halogens is 3. The Morgan fingerprint density at radius 3 is 2.69 bits per heavy atom. The van der Waals surface area contributed by atoms with Crippen LogP contribution in [0.25, 0.3) is 0 Å². The number of unbranched alkanes of at least 4 members (excludes halogenated alkanes) is 6. The van der Waals surface area contributed by atoms with Crippen molar-refractivity contribution in [1.29, 1.82) is 0 Å². The summed E-state index contributed by atoms with van der Waals surface area (Å²) in [6, 6.07) is 4.39. The van der Waals surface area contributed by atoms with Crippen LogP contribution in [0.5, 0.6) is 5.19 Å². The molecule has 0 aliphatic heterocycles. The van der Waals surface area contributed by atoms with Gasteiger partial charge in [-0.3, -0.25) is 0 Å². The molecule has 3 atom stereocenters. The number of thiazole rings is 1. The van der Waals surface area contributed by atoms with E-state index in [-0.39, 0.29) is 16.5 Å². The molecule has 0 N–H and O–H groups in total. The van der Waals surface area contributed by atoms with Gasteiger partial charge < -0.3 is 4.74 Å². The second-order valence-corrected chi connectivity index (χ2v) is 11.4. The van der Waals surface area contributed by atoms with Crippen molar-refractivity contribution < 1.29 is 13.5 Å². The summed E-state index contributed by atoms with van der Waals surface area (Å²) < 4.78 is 33.8. The summed E-state index contributed by atoms with van der Waals surface area (Å²) in [7, 11) is 0. The minimum Gasteiger partial charge on any atom is -0.469 e. The van der Waals surface area contributed by atoms with Crippen LogP contribution in [0, 0.1) is 17.6 Å². The minimum absolute atomic E-state index is 0.0322. The summed E-state index contributed by atoms with van der Waals surface area (Å²) in [5.41, 5.74) is 0.409. The molecule has 3 unspecified atom stereocenters. The molecule has 2 nitrogen and oxygen atoms in total. The number of hydrogen-bond acceptors (Lipinski definition) is 4. The van der Waals surface area contributed by atoms with Gasteiger partial charge in [0, 0.05) is 22.2 Å². The number of rotatable bonds is 19. The highest BCUT2D eigenvalue weighted by atomic mass is 35.5. The van der Waals surface area contributed by atoms with Gasteiger partial charge in [0.2, 0.25) is 0 Å². The fourth-order valence-corrected chi connectivity index (χ4v) is 5.22. The Labute approximate surface area is 224 Å². The molecule has 0 radical (unpaired) electrons. The number of aromatic nitrogens is 1. The van der Waals surface area contributed by atoms with Crippen LogP contribution in [0.1, 0.15) is 83.1 Å². The number of nitrogens with zero attached hydrogens (tertiary/aromatic N) is 1. The summed E-state index contributed by atoms with van der Waals surface area (Å²) in [5.74, 6) is -1.42. The average Bonchev–Trinajstić information content (AvgIpc) is 3.37. The predicted molar refractivity (Wildman–Crippen MR) is 149 cm³/mol. The second kappa shape index (κ2) is 18.2. The van der Waals surface area contributed by atoms with E-state index >= 15 is 0 Å². The van der Waals surface area contributed by atoms with Gasteiger partial charge in [-0.25, -0.2) is 13.8 Å². The molecule has 0 fully saturated rings. The first-order valence-electron chi connectivity index (χ1n) is 12.9. The largest absolute Gasteiger partial charge is 0.469 e. The molecule has 0 bridgehead atoms. The van der Waals surface area contributed by atoms with Gasteiger partial charge in [-0.05, 0) is 62.5 Å². The van der Waals surface area contributed by atoms with Gasteiger partial charge in [0.15, 0.2) is 11.6 Å². The van der Waals surface area contributed by atoms with Gasteiger partial charge in [-0.1, -0.05) is 74.6 Å². The molecule has 0 saturated heterocycles. The van der Waals surface area contributed by atoms with E-state index in [2.05, 4.69) is 36.7 Å². The lowest BCUT2D eigenvalue weighted by Gasteiger charge is -2.21. The van der Waals surface area contributed by atoms with Crippen LogP contribution >= 0.6 is 35.6 Å². The van der Waals surface area contributed by atoms with Gasteiger partial charge in [-0.15, -0.1) is 11.6 Å². The molecule has 0 amide bonds. The Hall–Kier alpha value is -1.11. The zero-order valence-corrected chi connectivity index (χ0v) is 23.3. The van der Waals surface area contributed by atoms with E-state index in [4.69, 9.17) is 16.3 Å². The highest BCUT2D eigenvalue weighted by molar-refractivity contribution is 7.81. The van der Waals surface area contributed by atoms with Crippen molar-refractivity contribution in [2.45, 2.75) is 94.6 Å². The monoisotopic (exact) mass is 543 g/mol. The number of alkyl halides is 1. The smallest absolute Gasteiger partial charge is 0.273 e. The van der Waals surface area contributed by atoms with E-state index in [1.807, 2.05) is 5.38 Å². The highest BCUT2D eigenvalue weighted by Crippen LogP contribution is 2.27. The summed E-state index contributed by atoms with van der Waals surface area (Å²) in [6.45, 7) is 2.70. The number of hydrogen-bond donors (Lipinski definition) is 1. The van der Waals surface area contributed by atoms with Gasteiger partial charge in [0.1, 0.15) is 6.61 Å². The second-order valence-electron chi connectivity index (χ2n) is 9.22. The standard InChI is InChI=1S/C28H40ClF2NOS2/c1-2-3-4-5-6-7-8-9-10-13-24(29)20-22(19-23-12-11-14-26(30)27(23)31)15-16-25(34)21-33-28-32-17-18-35-28/h9-12,14,17-18,22,24-25,34H,2-8,13,15-16,19-21H2,1H3. The Morgan fingerprint density at radius 1 is 1.11 bits per heavy atom. The zero-order chi connectivity index (χ0) is 25.3. The molecule has 0 aliphatic carbocycles. The van der Waals surface area contributed by atoms with Crippen molar-refractivity contribution in [3.05, 3.63) is 59.1 Å². The van der Waals surface area contributed by atoms with Crippen molar-refractivity contribution in [3.8, 4) is 5.19 Å². The van der Waals surface area contributed by atoms with Gasteiger partial charge in [0.25, 0.3) is 5.19 Å². The summed E-state index contributed by atoms with van der Waals surface area (Å²) >= 11 is 12.8. The molecule has 196 valence electrons. The molecule has 1 aromatic heterocycles. The van der Waals surface area contributed by atoms with Crippen LogP contribution in [0.3, 0.4) is 0 Å². The number of benzene rings is 1. The van der Waals surface area contributed by atoms with Crippen molar-refractivity contribution >= 4 is 35.6 Å². The number of thiol groups is 1. The average molecular weight is 544 g/mol. The van der Waals surface area contributed by atoms with Gasteiger partial charge in [-0.2, -0.15) is 12.6 Å². The summed E-state index contributed by atoms with van der Waals surface area (Å²) in [6.07, 6.45) is 18.6. The lowest BCUT2D eigenvalue weighted by atomic mass is 9.89. The molecule has 2 rings (SSSR count). The fraction of sp³-hybridized carbons (Fsp3) is 0.607. The molecular formula is C28H40ClF2NOS2. The number of ether oxygens (including phenoxy) is 1. The molecule has 0 aliphatic rings. The van der Waals surface area contributed by atoms with Crippen molar-refractivity contribution in [2.24, 2.45) is 5.92 Å². The molecule has 7 heteroatoms. The summed E-state index contributed by atoms with van der Waals surface area (Å²) in [4.78, 5) is 4.12. The topological polar surface area (TPSA) is 22.1 Å². The Balaban J connectivity index is 1.81. The number of allylic oxidation sites excluding steroid dienone is 2. The highest BCUT2D eigenvalue weighted by Gasteiger charge is 2.19. The fourth-order valence-electron chi connectivity index (χ4n) is 4.14. The zero-order valence-electron chi connectivity index (χ0n) is 20.8. The van der Waals surface area contributed by atoms with E-state index < -0.39 is 11.6 Å². The van der Waals surface area contributed by atoms with E-state index in [0.717, 1.165) is 38.2 Å². The van der Waals surface area contributed by atoms with Crippen molar-refractivity contribution in [1.82, 2.24) is 4.98 Å². The SMILES string of the molecule is CCCCCCCCC=CCC(Cl)CC(CCC(S)COc1nccs1)Cc1cccc(F)c1F. The van der Waals surface area contributed by atoms with Crippen LogP contribution in [0.2, 0.25) is 0 Å². The maximum Gasteiger partial charge on any atom is 0.273 e. The maximum absolute atomic E-state index is 14.3. The maximum atomic E-state index is 14.3. The quantitative estimate of drug-likeness (QED) is 0.0824. The Bertz CT molecular complexity index is 834. The first kappa shape index (κ1) is 30.1. The van der Waals surface area contributed by atoms with Crippen LogP contribution in [-0.2, 0) is 6.42 Å². The first-order valence-corrected chi connectivity index (χ1v) is 14.7. The third kappa shape index (κ3) is 13.1. The van der Waals surface area contributed by atoms with Crippen LogP contribution in [0.15, 0.2) is 41.9 Å². The molecule has 1 heterocycles. The van der Waals surface area contributed by atoms with Crippen molar-refractivity contribution in [3.63, 3.8) is 0 Å². The predicted octanol–water partition coefficient (Wildman–Crippen LogP) is 9.43. The first-order chi connectivity index (χ1) is 17.0. The van der Waals surface area contributed by atoms with Crippen molar-refractivity contribution in [2.75, 3.05) is 6.61 Å².